The van der Waals surface area contributed by atoms with Crippen molar-refractivity contribution >= 4 is 21.7 Å². The number of pyridine rings is 1. The Morgan fingerprint density at radius 3 is 2.36 bits per heavy atom. The first kappa shape index (κ1) is 19.1. The number of rotatable bonds is 4. The minimum absolute atomic E-state index is 0.239. The van der Waals surface area contributed by atoms with Gasteiger partial charge in [0, 0.05) is 51.2 Å². The molecule has 4 heterocycles. The van der Waals surface area contributed by atoms with Gasteiger partial charge in [0.2, 0.25) is 10.0 Å². The van der Waals surface area contributed by atoms with Gasteiger partial charge in [0.1, 0.15) is 4.90 Å². The van der Waals surface area contributed by atoms with Gasteiger partial charge in [0.15, 0.2) is 11.6 Å². The van der Waals surface area contributed by atoms with E-state index in [2.05, 4.69) is 31.9 Å². The fraction of sp³-hybridized carbons (Fsp3) is 0.526. The van der Waals surface area contributed by atoms with Crippen molar-refractivity contribution in [2.75, 3.05) is 42.5 Å². The van der Waals surface area contributed by atoms with Gasteiger partial charge in [-0.25, -0.2) is 8.42 Å². The van der Waals surface area contributed by atoms with E-state index in [1.54, 1.807) is 18.3 Å². The number of piperazine rings is 1. The number of hydrogen-bond donors (Lipinski definition) is 0. The highest BCUT2D eigenvalue weighted by molar-refractivity contribution is 7.89. The molecule has 28 heavy (non-hydrogen) atoms. The van der Waals surface area contributed by atoms with Crippen molar-refractivity contribution in [3.8, 4) is 0 Å². The third-order valence-electron chi connectivity index (χ3n) is 5.57. The van der Waals surface area contributed by atoms with Crippen molar-refractivity contribution < 1.29 is 8.42 Å². The maximum absolute atomic E-state index is 12.7. The molecule has 0 radical (unpaired) electrons. The zero-order chi connectivity index (χ0) is 19.6. The molecule has 2 aromatic heterocycles. The van der Waals surface area contributed by atoms with E-state index < -0.39 is 10.0 Å². The normalized spacial score (nSPS) is 21.7. The first-order valence-corrected chi connectivity index (χ1v) is 11.3. The minimum atomic E-state index is -3.49. The van der Waals surface area contributed by atoms with E-state index in [-0.39, 0.29) is 4.90 Å². The maximum atomic E-state index is 12.7. The third-order valence-corrected chi connectivity index (χ3v) is 7.45. The van der Waals surface area contributed by atoms with Gasteiger partial charge in [-0.3, -0.25) is 4.98 Å². The molecule has 0 aromatic carbocycles. The Hall–Kier alpha value is -2.26. The largest absolute Gasteiger partial charge is 0.352 e. The Bertz CT molecular complexity index is 882. The van der Waals surface area contributed by atoms with Gasteiger partial charge < -0.3 is 9.80 Å². The monoisotopic (exact) mass is 402 g/mol. The second kappa shape index (κ2) is 8.00. The van der Waals surface area contributed by atoms with Gasteiger partial charge in [-0.05, 0) is 50.5 Å². The maximum Gasteiger partial charge on any atom is 0.244 e. The van der Waals surface area contributed by atoms with Crippen molar-refractivity contribution in [3.63, 3.8) is 0 Å². The molecule has 8 nitrogen and oxygen atoms in total. The molecule has 2 aromatic rings. The number of sulfonamides is 1. The first-order chi connectivity index (χ1) is 13.6. The number of hydrogen-bond acceptors (Lipinski definition) is 7. The van der Waals surface area contributed by atoms with Crippen LogP contribution in [0.2, 0.25) is 0 Å². The Morgan fingerprint density at radius 2 is 1.71 bits per heavy atom. The second-order valence-electron chi connectivity index (χ2n) is 7.37. The molecule has 1 unspecified atom stereocenters. The Balaban J connectivity index is 1.40. The summed E-state index contributed by atoms with van der Waals surface area (Å²) in [4.78, 5) is 8.57. The third kappa shape index (κ3) is 3.81. The molecule has 0 saturated carbocycles. The summed E-state index contributed by atoms with van der Waals surface area (Å²) in [6.07, 6.45) is 6.63. The highest BCUT2D eigenvalue weighted by Gasteiger charge is 2.29. The Morgan fingerprint density at radius 1 is 0.964 bits per heavy atom. The van der Waals surface area contributed by atoms with Gasteiger partial charge in [0.25, 0.3) is 0 Å². The van der Waals surface area contributed by atoms with Crippen molar-refractivity contribution in [2.24, 2.45) is 0 Å². The first-order valence-electron chi connectivity index (χ1n) is 9.81. The fourth-order valence-electron chi connectivity index (χ4n) is 3.88. The molecule has 9 heteroatoms. The molecule has 0 N–H and O–H groups in total. The van der Waals surface area contributed by atoms with Crippen LogP contribution >= 0.6 is 0 Å². The number of nitrogens with zero attached hydrogens (tertiary/aromatic N) is 6. The van der Waals surface area contributed by atoms with E-state index in [0.29, 0.717) is 32.2 Å². The summed E-state index contributed by atoms with van der Waals surface area (Å²) < 4.78 is 26.9. The zero-order valence-electron chi connectivity index (χ0n) is 16.1. The summed E-state index contributed by atoms with van der Waals surface area (Å²) in [7, 11) is -3.49. The van der Waals surface area contributed by atoms with Crippen LogP contribution in [-0.2, 0) is 10.0 Å². The number of aromatic nitrogens is 3. The lowest BCUT2D eigenvalue weighted by molar-refractivity contribution is 0.383. The van der Waals surface area contributed by atoms with E-state index in [0.717, 1.165) is 18.2 Å². The van der Waals surface area contributed by atoms with Gasteiger partial charge in [-0.2, -0.15) is 4.31 Å². The summed E-state index contributed by atoms with van der Waals surface area (Å²) in [6.45, 7) is 5.28. The van der Waals surface area contributed by atoms with Crippen LogP contribution in [0.4, 0.5) is 11.6 Å². The van der Waals surface area contributed by atoms with E-state index >= 15 is 0 Å². The predicted molar refractivity (Wildman–Crippen MR) is 108 cm³/mol. The Kier molecular flexibility index (Phi) is 5.45. The van der Waals surface area contributed by atoms with Gasteiger partial charge in [-0.1, -0.05) is 0 Å². The predicted octanol–water partition coefficient (Wildman–Crippen LogP) is 1.76. The number of anilines is 2. The topological polar surface area (TPSA) is 82.5 Å². The van der Waals surface area contributed by atoms with Crippen LogP contribution in [0, 0.1) is 0 Å². The lowest BCUT2D eigenvalue weighted by Crippen LogP contribution is -2.49. The Labute approximate surface area is 166 Å². The molecule has 0 amide bonds. The minimum Gasteiger partial charge on any atom is -0.352 e. The molecule has 0 bridgehead atoms. The molecule has 0 aliphatic carbocycles. The summed E-state index contributed by atoms with van der Waals surface area (Å²) >= 11 is 0. The van der Waals surface area contributed by atoms with Crippen LogP contribution in [0.1, 0.15) is 26.2 Å². The summed E-state index contributed by atoms with van der Waals surface area (Å²) in [5.41, 5.74) is 0. The van der Waals surface area contributed by atoms with E-state index in [1.165, 1.54) is 29.8 Å². The SMILES string of the molecule is CC1CCCCN1c1ccc(N2CCN(S(=O)(=O)c3cccnc3)CC2)nn1. The van der Waals surface area contributed by atoms with Crippen LogP contribution < -0.4 is 9.80 Å². The molecule has 150 valence electrons. The molecular weight excluding hydrogens is 376 g/mol. The van der Waals surface area contributed by atoms with Gasteiger partial charge in [-0.15, -0.1) is 10.2 Å². The standard InChI is InChI=1S/C19H26N6O2S/c1-16-5-2-3-10-25(16)19-8-7-18(21-22-19)23-11-13-24(14-12-23)28(26,27)17-6-4-9-20-15-17/h4,6-9,15-16H,2-3,5,10-14H2,1H3. The summed E-state index contributed by atoms with van der Waals surface area (Å²) in [5, 5.41) is 8.85. The molecule has 2 saturated heterocycles. The molecule has 0 spiro atoms. The average Bonchev–Trinajstić information content (AvgIpc) is 2.75. The smallest absolute Gasteiger partial charge is 0.244 e. The van der Waals surface area contributed by atoms with Crippen LogP contribution in [0.15, 0.2) is 41.6 Å². The van der Waals surface area contributed by atoms with Crippen LogP contribution in [-0.4, -0.2) is 66.7 Å². The lowest BCUT2D eigenvalue weighted by atomic mass is 10.0. The molecule has 1 atom stereocenters. The lowest BCUT2D eigenvalue weighted by Gasteiger charge is -2.35. The van der Waals surface area contributed by atoms with Gasteiger partial charge >= 0.3 is 0 Å². The van der Waals surface area contributed by atoms with Crippen LogP contribution in [0.25, 0.3) is 0 Å². The van der Waals surface area contributed by atoms with Crippen LogP contribution in [0.5, 0.6) is 0 Å². The van der Waals surface area contributed by atoms with Crippen molar-refractivity contribution in [3.05, 3.63) is 36.7 Å². The van der Waals surface area contributed by atoms with E-state index in [9.17, 15) is 8.42 Å². The molecule has 4 rings (SSSR count). The molecular formula is C19H26N6O2S. The van der Waals surface area contributed by atoms with Crippen molar-refractivity contribution in [2.45, 2.75) is 37.1 Å². The fourth-order valence-corrected chi connectivity index (χ4v) is 5.27. The average molecular weight is 403 g/mol. The van der Waals surface area contributed by atoms with Crippen LogP contribution in [0.3, 0.4) is 0 Å². The quantitative estimate of drug-likeness (QED) is 0.771. The highest BCUT2D eigenvalue weighted by Crippen LogP contribution is 2.24. The second-order valence-corrected chi connectivity index (χ2v) is 9.31. The van der Waals surface area contributed by atoms with E-state index in [1.807, 2.05) is 12.1 Å². The van der Waals surface area contributed by atoms with Gasteiger partial charge in [0.05, 0.1) is 0 Å². The number of piperidine rings is 1. The summed E-state index contributed by atoms with van der Waals surface area (Å²) in [5.74, 6) is 1.72. The molecule has 2 aliphatic heterocycles. The summed E-state index contributed by atoms with van der Waals surface area (Å²) in [6, 6.07) is 7.75. The molecule has 2 aliphatic rings. The van der Waals surface area contributed by atoms with Crippen molar-refractivity contribution in [1.82, 2.24) is 19.5 Å². The van der Waals surface area contributed by atoms with E-state index in [4.69, 9.17) is 0 Å². The zero-order valence-corrected chi connectivity index (χ0v) is 16.9. The molecule has 2 fully saturated rings. The highest BCUT2D eigenvalue weighted by atomic mass is 32.2. The van der Waals surface area contributed by atoms with Crippen molar-refractivity contribution in [1.29, 1.82) is 0 Å².